The quantitative estimate of drug-likeness (QED) is 0.639. The number of nitrogens with zero attached hydrogens (tertiary/aromatic N) is 2. The van der Waals surface area contributed by atoms with Crippen LogP contribution in [0.5, 0.6) is 0 Å². The van der Waals surface area contributed by atoms with Gasteiger partial charge in [0.25, 0.3) is 11.6 Å². The number of benzene rings is 1. The highest BCUT2D eigenvalue weighted by atomic mass is 16.6. The van der Waals surface area contributed by atoms with E-state index in [0.717, 1.165) is 0 Å². The summed E-state index contributed by atoms with van der Waals surface area (Å²) in [6, 6.07) is 4.41. The van der Waals surface area contributed by atoms with Crippen LogP contribution in [-0.2, 0) is 0 Å². The normalized spacial score (nSPS) is 9.82. The van der Waals surface area contributed by atoms with Gasteiger partial charge in [0.2, 0.25) is 0 Å². The fraction of sp³-hybridized carbons (Fsp3) is 0.364. The van der Waals surface area contributed by atoms with Gasteiger partial charge in [0.05, 0.1) is 4.92 Å². The fourth-order valence-electron chi connectivity index (χ4n) is 1.39. The van der Waals surface area contributed by atoms with Gasteiger partial charge in [0.1, 0.15) is 5.69 Å². The van der Waals surface area contributed by atoms with Crippen LogP contribution in [0.4, 0.5) is 11.4 Å². The Morgan fingerprint density at radius 1 is 1.53 bits per heavy atom. The number of rotatable bonds is 4. The molecule has 1 aromatic rings. The first-order valence-electron chi connectivity index (χ1n) is 5.23. The molecule has 0 bridgehead atoms. The molecule has 0 saturated heterocycles. The average molecular weight is 237 g/mol. The van der Waals surface area contributed by atoms with Crippen molar-refractivity contribution in [2.24, 2.45) is 0 Å². The van der Waals surface area contributed by atoms with Gasteiger partial charge < -0.3 is 10.2 Å². The van der Waals surface area contributed by atoms with Crippen molar-refractivity contribution in [2.75, 3.05) is 26.0 Å². The molecule has 1 aromatic carbocycles. The summed E-state index contributed by atoms with van der Waals surface area (Å²) in [5.74, 6) is -0.224. The van der Waals surface area contributed by atoms with Gasteiger partial charge in [0, 0.05) is 32.3 Å². The standard InChI is InChI=1S/C11H15N3O3/c1-4-13(3)11(15)8-5-6-9(12-2)10(7-8)14(16)17/h5-7,12H,4H2,1-3H3. The number of carbonyl (C=O) groups is 1. The molecule has 0 aliphatic heterocycles. The molecule has 92 valence electrons. The van der Waals surface area contributed by atoms with Crippen LogP contribution in [-0.4, -0.2) is 36.4 Å². The molecule has 0 fully saturated rings. The molecule has 1 N–H and O–H groups in total. The van der Waals surface area contributed by atoms with Crippen LogP contribution in [0.25, 0.3) is 0 Å². The molecule has 0 heterocycles. The van der Waals surface area contributed by atoms with Crippen LogP contribution in [0.2, 0.25) is 0 Å². The van der Waals surface area contributed by atoms with Gasteiger partial charge in [-0.1, -0.05) is 0 Å². The number of carbonyl (C=O) groups excluding carboxylic acids is 1. The Kier molecular flexibility index (Phi) is 4.03. The van der Waals surface area contributed by atoms with Gasteiger partial charge >= 0.3 is 0 Å². The number of nitrogens with one attached hydrogen (secondary N) is 1. The van der Waals surface area contributed by atoms with Crippen LogP contribution >= 0.6 is 0 Å². The summed E-state index contributed by atoms with van der Waals surface area (Å²) in [5.41, 5.74) is 0.619. The first-order valence-corrected chi connectivity index (χ1v) is 5.23. The molecular weight excluding hydrogens is 222 g/mol. The third-order valence-corrected chi connectivity index (χ3v) is 2.53. The van der Waals surface area contributed by atoms with Crippen molar-refractivity contribution in [3.8, 4) is 0 Å². The molecule has 1 rings (SSSR count). The van der Waals surface area contributed by atoms with Crippen molar-refractivity contribution in [1.29, 1.82) is 0 Å². The van der Waals surface area contributed by atoms with Crippen LogP contribution in [0.1, 0.15) is 17.3 Å². The van der Waals surface area contributed by atoms with E-state index in [-0.39, 0.29) is 11.6 Å². The lowest BCUT2D eigenvalue weighted by Crippen LogP contribution is -2.26. The second-order valence-electron chi connectivity index (χ2n) is 3.56. The molecule has 0 saturated carbocycles. The lowest BCUT2D eigenvalue weighted by molar-refractivity contribution is -0.384. The van der Waals surface area contributed by atoms with Crippen molar-refractivity contribution in [3.63, 3.8) is 0 Å². The minimum atomic E-state index is -0.505. The third-order valence-electron chi connectivity index (χ3n) is 2.53. The number of amides is 1. The van der Waals surface area contributed by atoms with E-state index in [1.165, 1.54) is 17.0 Å². The summed E-state index contributed by atoms with van der Waals surface area (Å²) in [6.45, 7) is 2.40. The van der Waals surface area contributed by atoms with Gasteiger partial charge in [-0.05, 0) is 19.1 Å². The number of nitro groups is 1. The smallest absolute Gasteiger partial charge is 0.293 e. The Morgan fingerprint density at radius 2 is 2.18 bits per heavy atom. The van der Waals surface area contributed by atoms with Crippen LogP contribution in [0.3, 0.4) is 0 Å². The minimum absolute atomic E-state index is 0.0946. The predicted molar refractivity (Wildman–Crippen MR) is 65.3 cm³/mol. The SMILES string of the molecule is CCN(C)C(=O)c1ccc(NC)c([N+](=O)[O-])c1. The van der Waals surface area contributed by atoms with E-state index in [1.54, 1.807) is 20.2 Å². The van der Waals surface area contributed by atoms with E-state index in [1.807, 2.05) is 6.92 Å². The summed E-state index contributed by atoms with van der Waals surface area (Å²) >= 11 is 0. The Bertz CT molecular complexity index is 446. The van der Waals surface area contributed by atoms with Crippen molar-refractivity contribution in [1.82, 2.24) is 4.90 Å². The minimum Gasteiger partial charge on any atom is -0.383 e. The van der Waals surface area contributed by atoms with Crippen LogP contribution in [0.15, 0.2) is 18.2 Å². The molecule has 6 heteroatoms. The van der Waals surface area contributed by atoms with E-state index in [4.69, 9.17) is 0 Å². The Morgan fingerprint density at radius 3 is 2.65 bits per heavy atom. The fourth-order valence-corrected chi connectivity index (χ4v) is 1.39. The average Bonchev–Trinajstić information content (AvgIpc) is 2.35. The monoisotopic (exact) mass is 237 g/mol. The number of hydrogen-bond donors (Lipinski definition) is 1. The molecular formula is C11H15N3O3. The third kappa shape index (κ3) is 2.72. The Labute approximate surface area is 99.4 Å². The summed E-state index contributed by atoms with van der Waals surface area (Å²) in [6.07, 6.45) is 0. The van der Waals surface area contributed by atoms with Crippen LogP contribution in [0, 0.1) is 10.1 Å². The van der Waals surface area contributed by atoms with Gasteiger partial charge in [-0.3, -0.25) is 14.9 Å². The summed E-state index contributed by atoms with van der Waals surface area (Å²) in [4.78, 5) is 23.7. The van der Waals surface area contributed by atoms with Crippen molar-refractivity contribution >= 4 is 17.3 Å². The van der Waals surface area contributed by atoms with Crippen molar-refractivity contribution in [2.45, 2.75) is 6.92 Å². The van der Waals surface area contributed by atoms with E-state index in [2.05, 4.69) is 5.32 Å². The topological polar surface area (TPSA) is 75.5 Å². The molecule has 0 aromatic heterocycles. The molecule has 0 atom stereocenters. The Balaban J connectivity index is 3.16. The maximum Gasteiger partial charge on any atom is 0.293 e. The van der Waals surface area contributed by atoms with Gasteiger partial charge in [-0.25, -0.2) is 0 Å². The first-order chi connectivity index (χ1) is 8.01. The molecule has 6 nitrogen and oxygen atoms in total. The maximum atomic E-state index is 11.8. The van der Waals surface area contributed by atoms with E-state index in [9.17, 15) is 14.9 Å². The van der Waals surface area contributed by atoms with Crippen molar-refractivity contribution < 1.29 is 9.72 Å². The van der Waals surface area contributed by atoms with Gasteiger partial charge in [-0.15, -0.1) is 0 Å². The molecule has 0 aliphatic carbocycles. The van der Waals surface area contributed by atoms with Crippen molar-refractivity contribution in [3.05, 3.63) is 33.9 Å². The van der Waals surface area contributed by atoms with E-state index >= 15 is 0 Å². The first kappa shape index (κ1) is 13.0. The summed E-state index contributed by atoms with van der Waals surface area (Å²) < 4.78 is 0. The summed E-state index contributed by atoms with van der Waals surface area (Å²) in [5, 5.41) is 13.6. The number of anilines is 1. The van der Waals surface area contributed by atoms with Gasteiger partial charge in [-0.2, -0.15) is 0 Å². The largest absolute Gasteiger partial charge is 0.383 e. The highest BCUT2D eigenvalue weighted by Crippen LogP contribution is 2.25. The molecule has 1 amide bonds. The molecule has 17 heavy (non-hydrogen) atoms. The van der Waals surface area contributed by atoms with E-state index < -0.39 is 4.92 Å². The van der Waals surface area contributed by atoms with Gasteiger partial charge in [0.15, 0.2) is 0 Å². The van der Waals surface area contributed by atoms with Crippen LogP contribution < -0.4 is 5.32 Å². The second-order valence-corrected chi connectivity index (χ2v) is 3.56. The summed E-state index contributed by atoms with van der Waals surface area (Å²) in [7, 11) is 3.25. The number of nitro benzene ring substituents is 1. The zero-order valence-corrected chi connectivity index (χ0v) is 10.1. The highest BCUT2D eigenvalue weighted by molar-refractivity contribution is 5.95. The molecule has 0 unspecified atom stereocenters. The molecule has 0 radical (unpaired) electrons. The zero-order chi connectivity index (χ0) is 13.0. The predicted octanol–water partition coefficient (Wildman–Crippen LogP) is 1.73. The highest BCUT2D eigenvalue weighted by Gasteiger charge is 2.18. The Hall–Kier alpha value is -2.11. The molecule has 0 spiro atoms. The second kappa shape index (κ2) is 5.29. The number of hydrogen-bond acceptors (Lipinski definition) is 4. The molecule has 0 aliphatic rings. The van der Waals surface area contributed by atoms with E-state index in [0.29, 0.717) is 17.8 Å². The maximum absolute atomic E-state index is 11.8. The lowest BCUT2D eigenvalue weighted by Gasteiger charge is -2.14. The zero-order valence-electron chi connectivity index (χ0n) is 10.1. The lowest BCUT2D eigenvalue weighted by atomic mass is 10.1.